The molecule has 0 aliphatic carbocycles. The lowest BCUT2D eigenvalue weighted by Crippen LogP contribution is -1.99. The van der Waals surface area contributed by atoms with E-state index in [9.17, 15) is 9.59 Å². The predicted octanol–water partition coefficient (Wildman–Crippen LogP) is 10.1. The quantitative estimate of drug-likeness (QED) is 0.0739. The summed E-state index contributed by atoms with van der Waals surface area (Å²) in [5.41, 5.74) is 0. The summed E-state index contributed by atoms with van der Waals surface area (Å²) in [6, 6.07) is 0. The minimum absolute atomic E-state index is 0.161. The van der Waals surface area contributed by atoms with Gasteiger partial charge in [-0.15, -0.1) is 0 Å². The molecule has 0 aromatic rings. The Hall–Kier alpha value is -1.58. The summed E-state index contributed by atoms with van der Waals surface area (Å²) in [6.07, 6.45) is 34.3. The minimum Gasteiger partial charge on any atom is -0.466 e. The fourth-order valence-corrected chi connectivity index (χ4v) is 3.72. The molecule has 4 heteroatoms. The molecule has 4 nitrogen and oxygen atoms in total. The number of hydrogen-bond acceptors (Lipinski definition) is 4. The van der Waals surface area contributed by atoms with Crippen LogP contribution in [-0.4, -0.2) is 25.2 Å². The lowest BCUT2D eigenvalue weighted by atomic mass is 10.1. The van der Waals surface area contributed by atoms with E-state index in [2.05, 4.69) is 38.2 Å². The number of allylic oxidation sites excluding steroid dienone is 4. The predicted molar refractivity (Wildman–Crippen MR) is 155 cm³/mol. The first kappa shape index (κ1) is 36.6. The van der Waals surface area contributed by atoms with E-state index < -0.39 is 0 Å². The molecule has 0 radical (unpaired) electrons. The molecule has 0 aliphatic heterocycles. The Morgan fingerprint density at radius 3 is 1.14 bits per heavy atom. The highest BCUT2D eigenvalue weighted by molar-refractivity contribution is 5.66. The van der Waals surface area contributed by atoms with Crippen molar-refractivity contribution in [3.63, 3.8) is 0 Å². The van der Waals surface area contributed by atoms with E-state index in [0.29, 0.717) is 13.2 Å². The van der Waals surface area contributed by atoms with Crippen LogP contribution in [0.3, 0.4) is 0 Å². The van der Waals surface area contributed by atoms with Crippen molar-refractivity contribution in [2.24, 2.45) is 0 Å². The second kappa shape index (κ2) is 33.4. The van der Waals surface area contributed by atoms with Crippen molar-refractivity contribution in [3.05, 3.63) is 24.3 Å². The van der Waals surface area contributed by atoms with Crippen molar-refractivity contribution < 1.29 is 19.1 Å². The molecule has 0 spiro atoms. The highest BCUT2D eigenvalue weighted by Gasteiger charge is 1.95. The van der Waals surface area contributed by atoms with Gasteiger partial charge in [-0.1, -0.05) is 109 Å². The largest absolute Gasteiger partial charge is 0.466 e. The van der Waals surface area contributed by atoms with Crippen LogP contribution in [0.25, 0.3) is 0 Å². The summed E-state index contributed by atoms with van der Waals surface area (Å²) in [5, 5.41) is 0. The molecule has 0 aromatic carbocycles. The van der Waals surface area contributed by atoms with Crippen molar-refractivity contribution in [1.82, 2.24) is 0 Å². The normalized spacial score (nSPS) is 11.0. The molecule has 0 N–H and O–H groups in total. The van der Waals surface area contributed by atoms with Crippen molar-refractivity contribution >= 4 is 11.9 Å². The van der Waals surface area contributed by atoms with Gasteiger partial charge in [0.05, 0.1) is 13.2 Å². The summed E-state index contributed by atoms with van der Waals surface area (Å²) in [7, 11) is 0. The standard InChI is InChI=1S/C18H34O2.C14H26O2/c1-3-4-5-6-7-8-9-10-11-12-13-14-15-16-17-20-18(2)19;1-3-4-5-6-7-8-9-10-11-12-13-16-14(2)15/h8-9H,3-7,10-17H2,1-2H3;5-6H,3-4,7-13H2,1-2H3/b9-8-;6-5-. The zero-order valence-corrected chi connectivity index (χ0v) is 24.5. The van der Waals surface area contributed by atoms with Crippen LogP contribution in [0, 0.1) is 0 Å². The number of hydrogen-bond donors (Lipinski definition) is 0. The van der Waals surface area contributed by atoms with Crippen LogP contribution in [0.1, 0.15) is 156 Å². The Balaban J connectivity index is 0. The molecule has 212 valence electrons. The molecule has 0 bridgehead atoms. The third kappa shape index (κ3) is 39.6. The van der Waals surface area contributed by atoms with E-state index in [1.807, 2.05) is 0 Å². The summed E-state index contributed by atoms with van der Waals surface area (Å²) >= 11 is 0. The Morgan fingerprint density at radius 1 is 0.444 bits per heavy atom. The average molecular weight is 509 g/mol. The van der Waals surface area contributed by atoms with Gasteiger partial charge in [0, 0.05) is 13.8 Å². The maximum absolute atomic E-state index is 10.5. The van der Waals surface area contributed by atoms with Gasteiger partial charge in [0.15, 0.2) is 0 Å². The van der Waals surface area contributed by atoms with Crippen LogP contribution in [-0.2, 0) is 19.1 Å². The van der Waals surface area contributed by atoms with E-state index >= 15 is 0 Å². The molecular weight excluding hydrogens is 448 g/mol. The smallest absolute Gasteiger partial charge is 0.302 e. The summed E-state index contributed by atoms with van der Waals surface area (Å²) < 4.78 is 9.76. The maximum atomic E-state index is 10.5. The van der Waals surface area contributed by atoms with Crippen LogP contribution in [0.5, 0.6) is 0 Å². The lowest BCUT2D eigenvalue weighted by molar-refractivity contribution is -0.142. The van der Waals surface area contributed by atoms with Crippen LogP contribution in [0.4, 0.5) is 0 Å². The number of ether oxygens (including phenoxy) is 2. The first-order chi connectivity index (χ1) is 17.5. The fraction of sp³-hybridized carbons (Fsp3) is 0.812. The molecule has 0 unspecified atom stereocenters. The molecule has 0 saturated carbocycles. The SMILES string of the molecule is CCC/C=C\CCCCCCCOC(C)=O.CCCCCC/C=C\CCCCCCCCOC(C)=O. The maximum Gasteiger partial charge on any atom is 0.302 e. The van der Waals surface area contributed by atoms with Gasteiger partial charge in [-0.25, -0.2) is 0 Å². The highest BCUT2D eigenvalue weighted by atomic mass is 16.5. The first-order valence-electron chi connectivity index (χ1n) is 15.1. The second-order valence-electron chi connectivity index (χ2n) is 9.73. The van der Waals surface area contributed by atoms with Gasteiger partial charge < -0.3 is 9.47 Å². The number of unbranched alkanes of at least 4 members (excludes halogenated alkanes) is 16. The molecule has 0 amide bonds. The molecule has 0 saturated heterocycles. The number of carbonyl (C=O) groups excluding carboxylic acids is 2. The number of esters is 2. The Morgan fingerprint density at radius 2 is 0.778 bits per heavy atom. The van der Waals surface area contributed by atoms with Gasteiger partial charge in [-0.2, -0.15) is 0 Å². The molecule has 36 heavy (non-hydrogen) atoms. The monoisotopic (exact) mass is 508 g/mol. The third-order valence-corrected chi connectivity index (χ3v) is 5.90. The van der Waals surface area contributed by atoms with Crippen molar-refractivity contribution in [3.8, 4) is 0 Å². The van der Waals surface area contributed by atoms with Crippen molar-refractivity contribution in [2.45, 2.75) is 156 Å². The van der Waals surface area contributed by atoms with Gasteiger partial charge >= 0.3 is 11.9 Å². The van der Waals surface area contributed by atoms with Gasteiger partial charge in [0.25, 0.3) is 0 Å². The first-order valence-corrected chi connectivity index (χ1v) is 15.1. The van der Waals surface area contributed by atoms with E-state index in [1.54, 1.807) is 0 Å². The molecule has 0 aromatic heterocycles. The van der Waals surface area contributed by atoms with Gasteiger partial charge in [0.1, 0.15) is 0 Å². The Bertz CT molecular complexity index is 510. The van der Waals surface area contributed by atoms with Crippen LogP contribution in [0.15, 0.2) is 24.3 Å². The van der Waals surface area contributed by atoms with Crippen LogP contribution >= 0.6 is 0 Å². The number of rotatable bonds is 24. The Kier molecular flexibility index (Phi) is 34.0. The molecule has 0 fully saturated rings. The topological polar surface area (TPSA) is 52.6 Å². The van der Waals surface area contributed by atoms with E-state index in [4.69, 9.17) is 9.47 Å². The van der Waals surface area contributed by atoms with Crippen LogP contribution < -0.4 is 0 Å². The van der Waals surface area contributed by atoms with Crippen molar-refractivity contribution in [1.29, 1.82) is 0 Å². The Labute approximate surface area is 224 Å². The van der Waals surface area contributed by atoms with Crippen LogP contribution in [0.2, 0.25) is 0 Å². The molecule has 0 rings (SSSR count). The highest BCUT2D eigenvalue weighted by Crippen LogP contribution is 2.09. The van der Waals surface area contributed by atoms with Gasteiger partial charge in [-0.05, 0) is 57.8 Å². The molecule has 0 atom stereocenters. The van der Waals surface area contributed by atoms with Crippen molar-refractivity contribution in [2.75, 3.05) is 13.2 Å². The number of carbonyl (C=O) groups is 2. The zero-order valence-electron chi connectivity index (χ0n) is 24.5. The molecule has 0 heterocycles. The third-order valence-electron chi connectivity index (χ3n) is 5.90. The minimum atomic E-state index is -0.166. The summed E-state index contributed by atoms with van der Waals surface area (Å²) in [4.78, 5) is 21.0. The second-order valence-corrected chi connectivity index (χ2v) is 9.73. The average Bonchev–Trinajstić information content (AvgIpc) is 2.85. The molecular formula is C32H60O4. The summed E-state index contributed by atoms with van der Waals surface area (Å²) in [5.74, 6) is -0.326. The van der Waals surface area contributed by atoms with E-state index in [0.717, 1.165) is 12.8 Å². The van der Waals surface area contributed by atoms with Gasteiger partial charge in [-0.3, -0.25) is 9.59 Å². The van der Waals surface area contributed by atoms with E-state index in [-0.39, 0.29) is 11.9 Å². The fourth-order valence-electron chi connectivity index (χ4n) is 3.72. The zero-order chi connectivity index (χ0) is 27.0. The summed E-state index contributed by atoms with van der Waals surface area (Å²) in [6.45, 7) is 8.57. The van der Waals surface area contributed by atoms with Gasteiger partial charge in [0.2, 0.25) is 0 Å². The van der Waals surface area contributed by atoms with E-state index in [1.165, 1.54) is 129 Å². The molecule has 0 aliphatic rings. The lowest BCUT2D eigenvalue weighted by Gasteiger charge is -2.02.